The molecule has 0 amide bonds. The molecule has 0 saturated carbocycles. The van der Waals surface area contributed by atoms with E-state index in [-0.39, 0.29) is 21.8 Å². The summed E-state index contributed by atoms with van der Waals surface area (Å²) in [6, 6.07) is 6.80. The normalized spacial score (nSPS) is 10.4. The molecule has 0 spiro atoms. The molecule has 2 nitrogen and oxygen atoms in total. The van der Waals surface area contributed by atoms with E-state index in [2.05, 4.69) is 0 Å². The van der Waals surface area contributed by atoms with Crippen LogP contribution >= 0.6 is 11.6 Å². The first-order valence-corrected chi connectivity index (χ1v) is 5.41. The average molecular weight is 268 g/mol. The van der Waals surface area contributed by atoms with Crippen LogP contribution in [0.1, 0.15) is 15.9 Å². The summed E-state index contributed by atoms with van der Waals surface area (Å²) in [7, 11) is 0. The van der Waals surface area contributed by atoms with Crippen molar-refractivity contribution in [3.63, 3.8) is 0 Å². The van der Waals surface area contributed by atoms with Crippen LogP contribution in [-0.2, 0) is 0 Å². The van der Waals surface area contributed by atoms with E-state index in [9.17, 15) is 13.6 Å². The van der Waals surface area contributed by atoms with Gasteiger partial charge in [-0.05, 0) is 36.4 Å². The van der Waals surface area contributed by atoms with Crippen LogP contribution in [0.25, 0.3) is 0 Å². The summed E-state index contributed by atoms with van der Waals surface area (Å²) >= 11 is 5.81. The van der Waals surface area contributed by atoms with Crippen molar-refractivity contribution in [1.82, 2.24) is 0 Å². The first kappa shape index (κ1) is 12.5. The molecule has 92 valence electrons. The molecule has 0 saturated heterocycles. The fourth-order valence-electron chi connectivity index (χ4n) is 1.54. The summed E-state index contributed by atoms with van der Waals surface area (Å²) in [6.45, 7) is 0. The maximum Gasteiger partial charge on any atom is 0.196 e. The largest absolute Gasteiger partial charge is 0.398 e. The van der Waals surface area contributed by atoms with Gasteiger partial charge in [-0.15, -0.1) is 0 Å². The quantitative estimate of drug-likeness (QED) is 0.669. The zero-order valence-electron chi connectivity index (χ0n) is 9.08. The lowest BCUT2D eigenvalue weighted by molar-refractivity contribution is 0.103. The molecule has 5 heteroatoms. The zero-order valence-corrected chi connectivity index (χ0v) is 9.84. The minimum absolute atomic E-state index is 0.0394. The number of hydrogen-bond acceptors (Lipinski definition) is 2. The van der Waals surface area contributed by atoms with Gasteiger partial charge in [-0.1, -0.05) is 11.6 Å². The molecular formula is C13H8ClF2NO. The van der Waals surface area contributed by atoms with Crippen LogP contribution in [0.2, 0.25) is 5.02 Å². The summed E-state index contributed by atoms with van der Waals surface area (Å²) in [5.41, 5.74) is 5.62. The molecule has 0 aliphatic carbocycles. The van der Waals surface area contributed by atoms with Gasteiger partial charge in [-0.3, -0.25) is 4.79 Å². The molecule has 0 aliphatic rings. The molecule has 2 N–H and O–H groups in total. The number of carbonyl (C=O) groups excluding carboxylic acids is 1. The SMILES string of the molecule is Nc1ccc(F)cc1C(=O)c1cc(F)ccc1Cl. The Bertz CT molecular complexity index is 575. The summed E-state index contributed by atoms with van der Waals surface area (Å²) in [6.07, 6.45) is 0. The lowest BCUT2D eigenvalue weighted by Gasteiger charge is -2.06. The maximum atomic E-state index is 13.1. The number of nitrogens with two attached hydrogens (primary N) is 1. The van der Waals surface area contributed by atoms with E-state index in [4.69, 9.17) is 17.3 Å². The van der Waals surface area contributed by atoms with Gasteiger partial charge in [-0.2, -0.15) is 0 Å². The van der Waals surface area contributed by atoms with Crippen LogP contribution in [0.4, 0.5) is 14.5 Å². The predicted molar refractivity (Wildman–Crippen MR) is 65.7 cm³/mol. The summed E-state index contributed by atoms with van der Waals surface area (Å²) in [5.74, 6) is -1.81. The highest BCUT2D eigenvalue weighted by atomic mass is 35.5. The second kappa shape index (κ2) is 4.74. The van der Waals surface area contributed by atoms with E-state index >= 15 is 0 Å². The van der Waals surface area contributed by atoms with E-state index in [1.54, 1.807) is 0 Å². The Morgan fingerprint density at radius 2 is 1.56 bits per heavy atom. The Balaban J connectivity index is 2.54. The Morgan fingerprint density at radius 3 is 2.22 bits per heavy atom. The van der Waals surface area contributed by atoms with E-state index in [1.807, 2.05) is 0 Å². The van der Waals surface area contributed by atoms with Crippen LogP contribution in [-0.4, -0.2) is 5.78 Å². The number of benzene rings is 2. The lowest BCUT2D eigenvalue weighted by atomic mass is 10.0. The summed E-state index contributed by atoms with van der Waals surface area (Å²) in [5, 5.41) is 0.0880. The molecule has 0 atom stereocenters. The number of ketones is 1. The summed E-state index contributed by atoms with van der Waals surface area (Å²) in [4.78, 5) is 12.1. The molecule has 0 unspecified atom stereocenters. The van der Waals surface area contributed by atoms with Gasteiger partial charge in [0.1, 0.15) is 11.6 Å². The van der Waals surface area contributed by atoms with E-state index in [0.29, 0.717) is 0 Å². The van der Waals surface area contributed by atoms with Gasteiger partial charge < -0.3 is 5.73 Å². The standard InChI is InChI=1S/C13H8ClF2NO/c14-11-3-1-7(15)5-9(11)13(18)10-6-8(16)2-4-12(10)17/h1-6H,17H2. The molecule has 2 rings (SSSR count). The van der Waals surface area contributed by atoms with Gasteiger partial charge in [0.15, 0.2) is 5.78 Å². The zero-order chi connectivity index (χ0) is 13.3. The molecule has 0 aromatic heterocycles. The maximum absolute atomic E-state index is 13.1. The molecule has 2 aromatic rings. The Labute approximate surface area is 107 Å². The van der Waals surface area contributed by atoms with Gasteiger partial charge in [0.25, 0.3) is 0 Å². The fraction of sp³-hybridized carbons (Fsp3) is 0. The van der Waals surface area contributed by atoms with Crippen molar-refractivity contribution in [2.75, 3.05) is 5.73 Å². The van der Waals surface area contributed by atoms with Crippen LogP contribution in [0.5, 0.6) is 0 Å². The Kier molecular flexibility index (Phi) is 3.30. The van der Waals surface area contributed by atoms with Crippen LogP contribution in [0.3, 0.4) is 0 Å². The summed E-state index contributed by atoms with van der Waals surface area (Å²) < 4.78 is 26.2. The number of hydrogen-bond donors (Lipinski definition) is 1. The first-order valence-electron chi connectivity index (χ1n) is 5.04. The first-order chi connectivity index (χ1) is 8.49. The Morgan fingerprint density at radius 1 is 1.00 bits per heavy atom. The van der Waals surface area contributed by atoms with Crippen molar-refractivity contribution in [2.45, 2.75) is 0 Å². The van der Waals surface area contributed by atoms with E-state index in [0.717, 1.165) is 24.3 Å². The lowest BCUT2D eigenvalue weighted by Crippen LogP contribution is -2.07. The number of anilines is 1. The minimum Gasteiger partial charge on any atom is -0.398 e. The van der Waals surface area contributed by atoms with E-state index < -0.39 is 17.4 Å². The van der Waals surface area contributed by atoms with Gasteiger partial charge in [0.2, 0.25) is 0 Å². The van der Waals surface area contributed by atoms with Gasteiger partial charge in [0.05, 0.1) is 5.02 Å². The van der Waals surface area contributed by atoms with Gasteiger partial charge in [0, 0.05) is 16.8 Å². The number of halogens is 3. The number of carbonyl (C=O) groups is 1. The third kappa shape index (κ3) is 2.33. The van der Waals surface area contributed by atoms with Crippen molar-refractivity contribution in [3.05, 3.63) is 64.2 Å². The molecule has 0 radical (unpaired) electrons. The van der Waals surface area contributed by atoms with Gasteiger partial charge >= 0.3 is 0 Å². The second-order valence-electron chi connectivity index (χ2n) is 3.68. The van der Waals surface area contributed by atoms with Gasteiger partial charge in [-0.25, -0.2) is 8.78 Å². The van der Waals surface area contributed by atoms with Crippen molar-refractivity contribution in [1.29, 1.82) is 0 Å². The third-order valence-corrected chi connectivity index (χ3v) is 2.76. The van der Waals surface area contributed by atoms with Crippen LogP contribution in [0.15, 0.2) is 36.4 Å². The third-order valence-electron chi connectivity index (χ3n) is 2.43. The highest BCUT2D eigenvalue weighted by Gasteiger charge is 2.17. The van der Waals surface area contributed by atoms with Crippen molar-refractivity contribution in [2.24, 2.45) is 0 Å². The van der Waals surface area contributed by atoms with Crippen LogP contribution in [0, 0.1) is 11.6 Å². The molecule has 0 bridgehead atoms. The molecular weight excluding hydrogens is 260 g/mol. The molecule has 0 aliphatic heterocycles. The number of rotatable bonds is 2. The fourth-order valence-corrected chi connectivity index (χ4v) is 1.75. The predicted octanol–water partition coefficient (Wildman–Crippen LogP) is 3.43. The highest BCUT2D eigenvalue weighted by molar-refractivity contribution is 6.35. The molecule has 0 heterocycles. The topological polar surface area (TPSA) is 43.1 Å². The second-order valence-corrected chi connectivity index (χ2v) is 4.09. The molecule has 18 heavy (non-hydrogen) atoms. The monoisotopic (exact) mass is 267 g/mol. The smallest absolute Gasteiger partial charge is 0.196 e. The number of nitrogen functional groups attached to an aromatic ring is 1. The average Bonchev–Trinajstić information content (AvgIpc) is 2.34. The van der Waals surface area contributed by atoms with E-state index in [1.165, 1.54) is 12.1 Å². The van der Waals surface area contributed by atoms with Crippen LogP contribution < -0.4 is 5.73 Å². The highest BCUT2D eigenvalue weighted by Crippen LogP contribution is 2.23. The van der Waals surface area contributed by atoms with Crippen molar-refractivity contribution < 1.29 is 13.6 Å². The van der Waals surface area contributed by atoms with Crippen molar-refractivity contribution in [3.8, 4) is 0 Å². The molecule has 0 fully saturated rings. The minimum atomic E-state index is -0.614. The Hall–Kier alpha value is -1.94. The molecule has 2 aromatic carbocycles. The van der Waals surface area contributed by atoms with Crippen molar-refractivity contribution >= 4 is 23.1 Å².